The van der Waals surface area contributed by atoms with Crippen molar-refractivity contribution in [1.29, 1.82) is 0 Å². The number of hydrogen-bond acceptors (Lipinski definition) is 4. The minimum atomic E-state index is -0.195. The Morgan fingerprint density at radius 1 is 1.15 bits per heavy atom. The molecule has 0 bridgehead atoms. The zero-order valence-corrected chi connectivity index (χ0v) is 16.6. The monoisotopic (exact) mass is 371 g/mol. The number of likely N-dealkylation sites (tertiary alicyclic amines) is 1. The van der Waals surface area contributed by atoms with Crippen LogP contribution in [0.1, 0.15) is 31.4 Å². The zero-order valence-electron chi connectivity index (χ0n) is 16.6. The molecule has 1 atom stereocenters. The second-order valence-corrected chi connectivity index (χ2v) is 7.12. The highest BCUT2D eigenvalue weighted by Crippen LogP contribution is 2.31. The first kappa shape index (κ1) is 19.5. The SMILES string of the molecule is COc1ccc(C(C)NC(=O)N(OC)C2CCN(C)CC2)c2ccccc12. The molecule has 0 radical (unpaired) electrons. The zero-order chi connectivity index (χ0) is 19.4. The molecule has 1 N–H and O–H groups in total. The van der Waals surface area contributed by atoms with Gasteiger partial charge in [0.25, 0.3) is 0 Å². The number of fused-ring (bicyclic) bond motifs is 1. The third-order valence-corrected chi connectivity index (χ3v) is 5.36. The number of rotatable bonds is 5. The lowest BCUT2D eigenvalue weighted by Gasteiger charge is -2.36. The fraction of sp³-hybridized carbons (Fsp3) is 0.476. The van der Waals surface area contributed by atoms with Crippen molar-refractivity contribution in [3.05, 3.63) is 42.0 Å². The number of piperidine rings is 1. The van der Waals surface area contributed by atoms with Crippen molar-refractivity contribution in [3.63, 3.8) is 0 Å². The molecule has 1 saturated heterocycles. The maximum Gasteiger partial charge on any atom is 0.342 e. The summed E-state index contributed by atoms with van der Waals surface area (Å²) in [6, 6.07) is 11.8. The average Bonchev–Trinajstić information content (AvgIpc) is 2.69. The largest absolute Gasteiger partial charge is 0.496 e. The topological polar surface area (TPSA) is 54.0 Å². The summed E-state index contributed by atoms with van der Waals surface area (Å²) in [5.41, 5.74) is 1.05. The van der Waals surface area contributed by atoms with Gasteiger partial charge < -0.3 is 15.0 Å². The summed E-state index contributed by atoms with van der Waals surface area (Å²) in [5.74, 6) is 0.831. The van der Waals surface area contributed by atoms with Crippen molar-refractivity contribution in [2.24, 2.45) is 0 Å². The highest BCUT2D eigenvalue weighted by atomic mass is 16.7. The van der Waals surface area contributed by atoms with Gasteiger partial charge in [-0.1, -0.05) is 30.3 Å². The molecule has 0 aromatic heterocycles. The third kappa shape index (κ3) is 4.17. The molecular weight excluding hydrogens is 342 g/mol. The fourth-order valence-electron chi connectivity index (χ4n) is 3.80. The minimum absolute atomic E-state index is 0.103. The Balaban J connectivity index is 1.77. The highest BCUT2D eigenvalue weighted by Gasteiger charge is 2.28. The summed E-state index contributed by atoms with van der Waals surface area (Å²) < 4.78 is 5.47. The number of benzene rings is 2. The number of ether oxygens (including phenoxy) is 1. The van der Waals surface area contributed by atoms with E-state index in [1.165, 1.54) is 5.06 Å². The lowest BCUT2D eigenvalue weighted by atomic mass is 9.99. The standard InChI is InChI=1S/C21H29N3O3/c1-15(17-9-10-20(26-3)19-8-6-5-7-18(17)19)22-21(25)24(27-4)16-11-13-23(2)14-12-16/h5-10,15-16H,11-14H2,1-4H3,(H,22,25). The van der Waals surface area contributed by atoms with E-state index in [1.54, 1.807) is 14.2 Å². The molecule has 2 amide bonds. The van der Waals surface area contributed by atoms with Gasteiger partial charge in [-0.3, -0.25) is 4.84 Å². The van der Waals surface area contributed by atoms with Gasteiger partial charge in [-0.15, -0.1) is 0 Å². The number of hydroxylamine groups is 2. The van der Waals surface area contributed by atoms with E-state index in [4.69, 9.17) is 9.57 Å². The lowest BCUT2D eigenvalue weighted by Crippen LogP contribution is -2.50. The number of nitrogens with zero attached hydrogens (tertiary/aromatic N) is 2. The lowest BCUT2D eigenvalue weighted by molar-refractivity contribution is -0.127. The molecule has 0 aliphatic carbocycles. The Morgan fingerprint density at radius 3 is 2.44 bits per heavy atom. The molecule has 3 rings (SSSR count). The quantitative estimate of drug-likeness (QED) is 0.817. The van der Waals surface area contributed by atoms with E-state index < -0.39 is 0 Å². The van der Waals surface area contributed by atoms with E-state index in [9.17, 15) is 4.79 Å². The van der Waals surface area contributed by atoms with Crippen LogP contribution in [-0.4, -0.2) is 56.4 Å². The van der Waals surface area contributed by atoms with Gasteiger partial charge in [0.15, 0.2) is 0 Å². The van der Waals surface area contributed by atoms with Gasteiger partial charge in [-0.2, -0.15) is 0 Å². The number of nitrogens with one attached hydrogen (secondary N) is 1. The normalized spacial score (nSPS) is 16.9. The van der Waals surface area contributed by atoms with Crippen LogP contribution in [-0.2, 0) is 4.84 Å². The summed E-state index contributed by atoms with van der Waals surface area (Å²) in [4.78, 5) is 20.6. The van der Waals surface area contributed by atoms with Gasteiger partial charge in [0.2, 0.25) is 0 Å². The Bertz CT molecular complexity index is 787. The maximum atomic E-state index is 12.8. The van der Waals surface area contributed by atoms with Gasteiger partial charge in [-0.05, 0) is 56.9 Å². The van der Waals surface area contributed by atoms with Crippen LogP contribution in [0.4, 0.5) is 4.79 Å². The van der Waals surface area contributed by atoms with E-state index in [0.717, 1.165) is 48.0 Å². The second kappa shape index (κ2) is 8.59. The number of carbonyl (C=O) groups excluding carboxylic acids is 1. The first-order chi connectivity index (χ1) is 13.0. The molecule has 0 spiro atoms. The Labute approximate surface area is 161 Å². The van der Waals surface area contributed by atoms with Crippen LogP contribution in [0.15, 0.2) is 36.4 Å². The molecule has 27 heavy (non-hydrogen) atoms. The number of urea groups is 1. The van der Waals surface area contributed by atoms with E-state index in [2.05, 4.69) is 23.3 Å². The van der Waals surface area contributed by atoms with E-state index >= 15 is 0 Å². The predicted molar refractivity (Wildman–Crippen MR) is 107 cm³/mol. The molecule has 2 aromatic carbocycles. The molecule has 1 fully saturated rings. The first-order valence-electron chi connectivity index (χ1n) is 9.43. The number of hydrogen-bond donors (Lipinski definition) is 1. The molecule has 1 aliphatic heterocycles. The number of amides is 2. The number of methoxy groups -OCH3 is 1. The van der Waals surface area contributed by atoms with Gasteiger partial charge in [0.05, 0.1) is 26.3 Å². The smallest absolute Gasteiger partial charge is 0.342 e. The summed E-state index contributed by atoms with van der Waals surface area (Å²) in [5, 5.41) is 6.70. The summed E-state index contributed by atoms with van der Waals surface area (Å²) in [6.07, 6.45) is 1.83. The van der Waals surface area contributed by atoms with Gasteiger partial charge >= 0.3 is 6.03 Å². The van der Waals surface area contributed by atoms with E-state index in [-0.39, 0.29) is 18.1 Å². The van der Waals surface area contributed by atoms with Crippen LogP contribution in [0.2, 0.25) is 0 Å². The molecule has 1 unspecified atom stereocenters. The van der Waals surface area contributed by atoms with Crippen molar-refractivity contribution in [2.45, 2.75) is 31.8 Å². The molecule has 0 saturated carbocycles. The third-order valence-electron chi connectivity index (χ3n) is 5.36. The maximum absolute atomic E-state index is 12.8. The molecule has 146 valence electrons. The van der Waals surface area contributed by atoms with Crippen LogP contribution in [0.25, 0.3) is 10.8 Å². The molecule has 2 aromatic rings. The highest BCUT2D eigenvalue weighted by molar-refractivity contribution is 5.91. The molecule has 1 aliphatic rings. The first-order valence-corrected chi connectivity index (χ1v) is 9.43. The van der Waals surface area contributed by atoms with Crippen LogP contribution in [0.5, 0.6) is 5.75 Å². The van der Waals surface area contributed by atoms with Crippen molar-refractivity contribution in [1.82, 2.24) is 15.3 Å². The van der Waals surface area contributed by atoms with Crippen LogP contribution >= 0.6 is 0 Å². The van der Waals surface area contributed by atoms with E-state index in [1.807, 2.05) is 37.3 Å². The van der Waals surface area contributed by atoms with Crippen molar-refractivity contribution in [3.8, 4) is 5.75 Å². The Kier molecular flexibility index (Phi) is 6.19. The molecule has 6 heteroatoms. The molecule has 6 nitrogen and oxygen atoms in total. The van der Waals surface area contributed by atoms with Crippen molar-refractivity contribution >= 4 is 16.8 Å². The summed E-state index contributed by atoms with van der Waals surface area (Å²) in [7, 11) is 5.33. The summed E-state index contributed by atoms with van der Waals surface area (Å²) >= 11 is 0. The van der Waals surface area contributed by atoms with Crippen LogP contribution in [0, 0.1) is 0 Å². The summed E-state index contributed by atoms with van der Waals surface area (Å²) in [6.45, 7) is 3.93. The number of carbonyl (C=O) groups is 1. The average molecular weight is 371 g/mol. The van der Waals surface area contributed by atoms with Gasteiger partial charge in [0.1, 0.15) is 5.75 Å². The molecular formula is C21H29N3O3. The minimum Gasteiger partial charge on any atom is -0.496 e. The van der Waals surface area contributed by atoms with Crippen LogP contribution in [0.3, 0.4) is 0 Å². The Morgan fingerprint density at radius 2 is 1.81 bits per heavy atom. The molecule has 1 heterocycles. The predicted octanol–water partition coefficient (Wildman–Crippen LogP) is 3.58. The van der Waals surface area contributed by atoms with E-state index in [0.29, 0.717) is 0 Å². The van der Waals surface area contributed by atoms with Crippen molar-refractivity contribution < 1.29 is 14.4 Å². The van der Waals surface area contributed by atoms with Gasteiger partial charge in [-0.25, -0.2) is 9.86 Å². The van der Waals surface area contributed by atoms with Crippen LogP contribution < -0.4 is 10.1 Å². The van der Waals surface area contributed by atoms with Gasteiger partial charge in [0, 0.05) is 5.39 Å². The van der Waals surface area contributed by atoms with Crippen molar-refractivity contribution in [2.75, 3.05) is 34.4 Å². The fourth-order valence-corrected chi connectivity index (χ4v) is 3.80. The Hall–Kier alpha value is -2.31. The second-order valence-electron chi connectivity index (χ2n) is 7.12.